The molecular weight excluding hydrogens is 491 g/mol. The van der Waals surface area contributed by atoms with E-state index in [0.717, 1.165) is 5.30 Å². The summed E-state index contributed by atoms with van der Waals surface area (Å²) < 4.78 is 6.49. The molecule has 3 unspecified atom stereocenters. The smallest absolute Gasteiger partial charge is 0.202 e. The lowest BCUT2D eigenvalue weighted by Gasteiger charge is -2.25. The van der Waals surface area contributed by atoms with Crippen LogP contribution in [0.5, 0.6) is 0 Å². The lowest BCUT2D eigenvalue weighted by molar-refractivity contribution is 0.0908. The number of fused-ring (bicyclic) bond motifs is 1. The van der Waals surface area contributed by atoms with Crippen LogP contribution in [0.2, 0.25) is 0 Å². The van der Waals surface area contributed by atoms with Gasteiger partial charge in [-0.05, 0) is 20.0 Å². The molecule has 5 heteroatoms. The summed E-state index contributed by atoms with van der Waals surface area (Å²) in [5.74, 6) is -0.836. The number of benzene rings is 4. The van der Waals surface area contributed by atoms with Crippen molar-refractivity contribution < 1.29 is 19.1 Å². The van der Waals surface area contributed by atoms with Crippen molar-refractivity contribution in [1.29, 1.82) is 0 Å². The molecule has 2 aliphatic rings. The van der Waals surface area contributed by atoms with Crippen LogP contribution in [0, 0.1) is 0 Å². The summed E-state index contributed by atoms with van der Waals surface area (Å²) >= 11 is 0. The van der Waals surface area contributed by atoms with Crippen LogP contribution >= 0.6 is 8.58 Å². The predicted molar refractivity (Wildman–Crippen MR) is 149 cm³/mol. The van der Waals surface area contributed by atoms with E-state index in [1.165, 1.54) is 0 Å². The molecule has 0 radical (unpaired) electrons. The number of Topliss-reactive ketones (excluding diaryl/α,β-unsaturated/α-hetero) is 3. The largest absolute Gasteiger partial charge is 0.339 e. The lowest BCUT2D eigenvalue weighted by atomic mass is 9.79. The number of hydrogen-bond acceptors (Lipinski definition) is 4. The van der Waals surface area contributed by atoms with Gasteiger partial charge in [-0.3, -0.25) is 14.4 Å². The van der Waals surface area contributed by atoms with Crippen molar-refractivity contribution in [2.75, 3.05) is 0 Å². The van der Waals surface area contributed by atoms with Crippen molar-refractivity contribution in [3.63, 3.8) is 0 Å². The summed E-state index contributed by atoms with van der Waals surface area (Å²) in [5.41, 5.74) is 0.481. The van der Waals surface area contributed by atoms with E-state index in [-0.39, 0.29) is 37.1 Å². The number of allylic oxidation sites excluding steroid dienone is 2. The van der Waals surface area contributed by atoms with Gasteiger partial charge in [0.05, 0.1) is 5.57 Å². The number of carbonyl (C=O) groups is 3. The summed E-state index contributed by atoms with van der Waals surface area (Å²) in [6, 6.07) is 36.3. The zero-order valence-electron chi connectivity index (χ0n) is 20.3. The molecule has 0 saturated carbocycles. The molecule has 4 aromatic carbocycles. The lowest BCUT2D eigenvalue weighted by Crippen LogP contribution is -2.38. The molecular formula is C33H23O4P. The summed E-state index contributed by atoms with van der Waals surface area (Å²) in [5, 5.41) is -0.377. The van der Waals surface area contributed by atoms with E-state index < -0.39 is 10.9 Å². The third-order valence-electron chi connectivity index (χ3n) is 6.91. The van der Waals surface area contributed by atoms with Crippen molar-refractivity contribution in [1.82, 2.24) is 0 Å². The molecule has 3 atom stereocenters. The van der Waals surface area contributed by atoms with Crippen molar-refractivity contribution in [3.8, 4) is 0 Å². The SMILES string of the molecule is O=C(C1=C(C(=O)c2ccccc2)C2(Pc3ccccc3)OC2(C(=O)c2ccccc2)C=C1)c1ccccc1. The summed E-state index contributed by atoms with van der Waals surface area (Å²) in [4.78, 5) is 42.1. The first kappa shape index (κ1) is 24.1. The average molecular weight is 515 g/mol. The van der Waals surface area contributed by atoms with Crippen LogP contribution in [0.25, 0.3) is 0 Å². The van der Waals surface area contributed by atoms with Crippen molar-refractivity contribution in [2.24, 2.45) is 0 Å². The standard InChI is InChI=1S/C33H23O4P/c34-29(23-13-5-1-6-14-23)27-21-22-32(31(36)25-17-9-3-10-18-25)33(37-32,38-26-19-11-4-12-20-26)28(27)30(35)24-15-7-2-8-16-24/h1-22,38H. The second-order valence-corrected chi connectivity index (χ2v) is 10.7. The Hall–Kier alpha value is -4.24. The Morgan fingerprint density at radius 2 is 1.05 bits per heavy atom. The van der Waals surface area contributed by atoms with Gasteiger partial charge in [-0.2, -0.15) is 0 Å². The Bertz CT molecular complexity index is 1590. The summed E-state index contributed by atoms with van der Waals surface area (Å²) in [6.07, 6.45) is 3.28. The number of hydrogen-bond donors (Lipinski definition) is 0. The van der Waals surface area contributed by atoms with Crippen molar-refractivity contribution in [2.45, 2.75) is 10.9 Å². The molecule has 1 aliphatic heterocycles. The fourth-order valence-corrected chi connectivity index (χ4v) is 6.75. The van der Waals surface area contributed by atoms with E-state index in [0.29, 0.717) is 16.7 Å². The summed E-state index contributed by atoms with van der Waals surface area (Å²) in [7, 11) is -0.0815. The quantitative estimate of drug-likeness (QED) is 0.165. The van der Waals surface area contributed by atoms with Gasteiger partial charge in [-0.15, -0.1) is 0 Å². The first-order chi connectivity index (χ1) is 18.6. The number of epoxide rings is 1. The van der Waals surface area contributed by atoms with Gasteiger partial charge in [-0.25, -0.2) is 0 Å². The van der Waals surface area contributed by atoms with Crippen LogP contribution in [-0.4, -0.2) is 28.3 Å². The molecule has 0 aromatic heterocycles. The maximum Gasteiger partial charge on any atom is 0.202 e. The molecule has 0 spiro atoms. The van der Waals surface area contributed by atoms with Gasteiger partial charge in [0, 0.05) is 22.3 Å². The molecule has 6 rings (SSSR count). The van der Waals surface area contributed by atoms with Crippen molar-refractivity contribution in [3.05, 3.63) is 161 Å². The molecule has 1 aliphatic carbocycles. The van der Waals surface area contributed by atoms with Gasteiger partial charge in [0.1, 0.15) is 0 Å². The second-order valence-electron chi connectivity index (χ2n) is 9.22. The third kappa shape index (κ3) is 3.90. The van der Waals surface area contributed by atoms with Gasteiger partial charge in [0.25, 0.3) is 0 Å². The molecule has 184 valence electrons. The minimum Gasteiger partial charge on any atom is -0.339 e. The van der Waals surface area contributed by atoms with Crippen LogP contribution in [0.4, 0.5) is 0 Å². The molecule has 0 N–H and O–H groups in total. The van der Waals surface area contributed by atoms with Crippen LogP contribution < -0.4 is 5.30 Å². The van der Waals surface area contributed by atoms with Gasteiger partial charge in [0.15, 0.2) is 22.5 Å². The molecule has 0 amide bonds. The maximum absolute atomic E-state index is 14.2. The number of carbonyl (C=O) groups excluding carboxylic acids is 3. The Labute approximate surface area is 222 Å². The number of ketones is 3. The van der Waals surface area contributed by atoms with Crippen molar-refractivity contribution >= 4 is 31.2 Å². The molecule has 1 heterocycles. The Morgan fingerprint density at radius 3 is 1.61 bits per heavy atom. The van der Waals surface area contributed by atoms with E-state index in [1.54, 1.807) is 84.9 Å². The molecule has 38 heavy (non-hydrogen) atoms. The highest BCUT2D eigenvalue weighted by atomic mass is 31.1. The van der Waals surface area contributed by atoms with Gasteiger partial charge in [-0.1, -0.05) is 127 Å². The van der Waals surface area contributed by atoms with E-state index >= 15 is 0 Å². The normalized spacial score (nSPS) is 21.8. The minimum atomic E-state index is -1.39. The van der Waals surface area contributed by atoms with Gasteiger partial charge in [0.2, 0.25) is 5.78 Å². The third-order valence-corrected chi connectivity index (χ3v) is 8.61. The van der Waals surface area contributed by atoms with E-state index in [9.17, 15) is 14.4 Å². The number of ether oxygens (including phenoxy) is 1. The monoisotopic (exact) mass is 514 g/mol. The molecule has 4 aromatic rings. The zero-order valence-corrected chi connectivity index (χ0v) is 21.3. The Morgan fingerprint density at radius 1 is 0.579 bits per heavy atom. The minimum absolute atomic E-state index is 0.0815. The van der Waals surface area contributed by atoms with Crippen LogP contribution in [0.3, 0.4) is 0 Å². The fraction of sp³-hybridized carbons (Fsp3) is 0.0606. The highest BCUT2D eigenvalue weighted by Crippen LogP contribution is 2.67. The highest BCUT2D eigenvalue weighted by Gasteiger charge is 2.77. The van der Waals surface area contributed by atoms with E-state index in [1.807, 2.05) is 48.5 Å². The predicted octanol–water partition coefficient (Wildman–Crippen LogP) is 5.97. The van der Waals surface area contributed by atoms with Gasteiger partial charge >= 0.3 is 0 Å². The first-order valence-electron chi connectivity index (χ1n) is 12.3. The molecule has 4 nitrogen and oxygen atoms in total. The van der Waals surface area contributed by atoms with Crippen LogP contribution in [0.1, 0.15) is 31.1 Å². The Balaban J connectivity index is 1.57. The molecule has 1 fully saturated rings. The first-order valence-corrected chi connectivity index (χ1v) is 13.3. The fourth-order valence-electron chi connectivity index (χ4n) is 5.02. The van der Waals surface area contributed by atoms with E-state index in [4.69, 9.17) is 4.74 Å². The number of rotatable bonds is 8. The zero-order chi connectivity index (χ0) is 26.2. The Kier molecular flexibility index (Phi) is 6.07. The molecule has 1 saturated heterocycles. The van der Waals surface area contributed by atoms with Crippen LogP contribution in [-0.2, 0) is 4.74 Å². The average Bonchev–Trinajstić information content (AvgIpc) is 3.66. The van der Waals surface area contributed by atoms with E-state index in [2.05, 4.69) is 0 Å². The topological polar surface area (TPSA) is 63.7 Å². The van der Waals surface area contributed by atoms with Gasteiger partial charge < -0.3 is 4.74 Å². The maximum atomic E-state index is 14.2. The highest BCUT2D eigenvalue weighted by molar-refractivity contribution is 7.49. The summed E-state index contributed by atoms with van der Waals surface area (Å²) in [6.45, 7) is 0. The molecule has 0 bridgehead atoms. The van der Waals surface area contributed by atoms with Crippen LogP contribution in [0.15, 0.2) is 145 Å². The second kappa shape index (κ2) is 9.57.